The predicted octanol–water partition coefficient (Wildman–Crippen LogP) is 7.05. The molecule has 2 unspecified atom stereocenters. The molecule has 0 bridgehead atoms. The van der Waals surface area contributed by atoms with E-state index in [0.29, 0.717) is 5.71 Å². The third-order valence-corrected chi connectivity index (χ3v) is 6.04. The van der Waals surface area contributed by atoms with E-state index in [9.17, 15) is 22.7 Å². The summed E-state index contributed by atoms with van der Waals surface area (Å²) in [6.07, 6.45) is -0.624. The normalized spacial score (nSPS) is 18.8. The Hall–Kier alpha value is -2.35. The summed E-state index contributed by atoms with van der Waals surface area (Å²) in [7, 11) is 0. The fourth-order valence-corrected chi connectivity index (χ4v) is 4.39. The van der Waals surface area contributed by atoms with Crippen LogP contribution in [0.4, 0.5) is 17.6 Å². The first-order valence-corrected chi connectivity index (χ1v) is 10.6. The number of hydrogen-bond donors (Lipinski definition) is 1. The van der Waals surface area contributed by atoms with Crippen molar-refractivity contribution in [2.24, 2.45) is 4.99 Å². The molecule has 2 atom stereocenters. The van der Waals surface area contributed by atoms with Crippen molar-refractivity contribution in [2.75, 3.05) is 0 Å². The molecule has 1 N–H and O–H groups in total. The van der Waals surface area contributed by atoms with Gasteiger partial charge in [-0.2, -0.15) is 13.2 Å². The molecule has 8 heteroatoms. The van der Waals surface area contributed by atoms with Crippen LogP contribution in [0.3, 0.4) is 0 Å². The van der Waals surface area contributed by atoms with Gasteiger partial charge in [-0.25, -0.2) is 4.39 Å². The molecule has 0 aliphatic carbocycles. The first-order chi connectivity index (χ1) is 14.7. The molecule has 2 nitrogen and oxygen atoms in total. The second-order valence-corrected chi connectivity index (χ2v) is 8.63. The highest BCUT2D eigenvalue weighted by Crippen LogP contribution is 2.38. The summed E-state index contributed by atoms with van der Waals surface area (Å²) in [5, 5.41) is 10.7. The summed E-state index contributed by atoms with van der Waals surface area (Å²) < 4.78 is 51.6. The number of benzene rings is 3. The van der Waals surface area contributed by atoms with Crippen LogP contribution in [0.2, 0.25) is 5.02 Å². The topological polar surface area (TPSA) is 32.6 Å². The van der Waals surface area contributed by atoms with E-state index in [4.69, 9.17) is 11.6 Å². The van der Waals surface area contributed by atoms with E-state index in [1.165, 1.54) is 24.3 Å². The van der Waals surface area contributed by atoms with Gasteiger partial charge >= 0.3 is 5.51 Å². The number of thioether (sulfide) groups is 1. The van der Waals surface area contributed by atoms with E-state index in [0.717, 1.165) is 16.7 Å². The molecular formula is C23H16ClF4NOS. The van der Waals surface area contributed by atoms with Gasteiger partial charge in [0.25, 0.3) is 0 Å². The Kier molecular flexibility index (Phi) is 6.10. The Morgan fingerprint density at radius 1 is 0.935 bits per heavy atom. The second-order valence-electron chi connectivity index (χ2n) is 7.08. The SMILES string of the molecule is OC1CC(c2c(F)cccc2Cl)=NC1c1ccc(-c2ccc(SC(F)(F)F)cc2)cc1. The van der Waals surface area contributed by atoms with Gasteiger partial charge in [-0.05, 0) is 52.7 Å². The molecule has 1 aliphatic heterocycles. The van der Waals surface area contributed by atoms with E-state index in [2.05, 4.69) is 4.99 Å². The standard InChI is InChI=1S/C23H16ClF4NOS/c24-17-2-1-3-18(25)21(17)19-12-20(30)22(29-19)15-6-4-13(5-7-15)14-8-10-16(11-9-14)31-23(26,27)28/h1-11,20,22,30H,12H2. The minimum atomic E-state index is -4.32. The molecule has 31 heavy (non-hydrogen) atoms. The lowest BCUT2D eigenvalue weighted by Gasteiger charge is -2.13. The number of aliphatic imine (C=N–C) groups is 1. The zero-order chi connectivity index (χ0) is 22.2. The minimum Gasteiger partial charge on any atom is -0.390 e. The van der Waals surface area contributed by atoms with Gasteiger partial charge in [0.1, 0.15) is 11.9 Å². The number of alkyl halides is 3. The van der Waals surface area contributed by atoms with Crippen LogP contribution in [0.15, 0.2) is 76.6 Å². The zero-order valence-corrected chi connectivity index (χ0v) is 17.5. The summed E-state index contributed by atoms with van der Waals surface area (Å²) >= 11 is 5.97. The number of aliphatic hydroxyl groups is 1. The molecule has 0 saturated heterocycles. The maximum absolute atomic E-state index is 14.2. The van der Waals surface area contributed by atoms with Crippen molar-refractivity contribution in [3.05, 3.63) is 88.7 Å². The van der Waals surface area contributed by atoms with Crippen LogP contribution < -0.4 is 0 Å². The van der Waals surface area contributed by atoms with E-state index in [1.807, 2.05) is 12.1 Å². The van der Waals surface area contributed by atoms with E-state index in [1.54, 1.807) is 30.3 Å². The maximum Gasteiger partial charge on any atom is 0.446 e. The Labute approximate surface area is 185 Å². The fraction of sp³-hybridized carbons (Fsp3) is 0.174. The molecule has 160 valence electrons. The highest BCUT2D eigenvalue weighted by atomic mass is 35.5. The average Bonchev–Trinajstić information content (AvgIpc) is 3.08. The van der Waals surface area contributed by atoms with Crippen LogP contribution in [0, 0.1) is 5.82 Å². The van der Waals surface area contributed by atoms with Gasteiger partial charge in [-0.1, -0.05) is 54.1 Å². The van der Waals surface area contributed by atoms with Crippen LogP contribution in [0.25, 0.3) is 11.1 Å². The molecule has 3 aromatic carbocycles. The van der Waals surface area contributed by atoms with Crippen molar-refractivity contribution in [3.8, 4) is 11.1 Å². The lowest BCUT2D eigenvalue weighted by atomic mass is 9.97. The number of aliphatic hydroxyl groups excluding tert-OH is 1. The highest BCUT2D eigenvalue weighted by Gasteiger charge is 2.31. The molecule has 1 aliphatic rings. The zero-order valence-electron chi connectivity index (χ0n) is 15.9. The molecule has 0 aromatic heterocycles. The van der Waals surface area contributed by atoms with Crippen LogP contribution >= 0.6 is 23.4 Å². The molecular weight excluding hydrogens is 450 g/mol. The summed E-state index contributed by atoms with van der Waals surface area (Å²) in [4.78, 5) is 4.63. The first-order valence-electron chi connectivity index (χ1n) is 9.36. The van der Waals surface area contributed by atoms with Crippen molar-refractivity contribution >= 4 is 29.1 Å². The van der Waals surface area contributed by atoms with Gasteiger partial charge in [-0.15, -0.1) is 0 Å². The Morgan fingerprint density at radius 2 is 1.55 bits per heavy atom. The summed E-state index contributed by atoms with van der Waals surface area (Å²) in [5.41, 5.74) is -1.35. The lowest BCUT2D eigenvalue weighted by molar-refractivity contribution is -0.0328. The highest BCUT2D eigenvalue weighted by molar-refractivity contribution is 8.00. The third kappa shape index (κ3) is 4.95. The first kappa shape index (κ1) is 21.9. The molecule has 0 spiro atoms. The van der Waals surface area contributed by atoms with Crippen molar-refractivity contribution in [2.45, 2.75) is 29.0 Å². The number of halogens is 5. The predicted molar refractivity (Wildman–Crippen MR) is 115 cm³/mol. The van der Waals surface area contributed by atoms with Gasteiger partial charge in [0, 0.05) is 11.3 Å². The Morgan fingerprint density at radius 3 is 2.13 bits per heavy atom. The molecule has 0 saturated carbocycles. The lowest BCUT2D eigenvalue weighted by Crippen LogP contribution is -2.13. The van der Waals surface area contributed by atoms with Gasteiger partial charge in [0.2, 0.25) is 0 Å². The number of nitrogens with zero attached hydrogens (tertiary/aromatic N) is 1. The summed E-state index contributed by atoms with van der Waals surface area (Å²) in [6.45, 7) is 0. The molecule has 0 fully saturated rings. The minimum absolute atomic E-state index is 0.121. The third-order valence-electron chi connectivity index (χ3n) is 4.99. The largest absolute Gasteiger partial charge is 0.446 e. The maximum atomic E-state index is 14.2. The Balaban J connectivity index is 1.55. The molecule has 0 amide bonds. The average molecular weight is 466 g/mol. The summed E-state index contributed by atoms with van der Waals surface area (Å²) in [5.74, 6) is -0.485. The molecule has 1 heterocycles. The number of hydrogen-bond acceptors (Lipinski definition) is 3. The van der Waals surface area contributed by atoms with E-state index < -0.39 is 23.5 Å². The van der Waals surface area contributed by atoms with Crippen LogP contribution in [0.5, 0.6) is 0 Å². The van der Waals surface area contributed by atoms with Crippen LogP contribution in [-0.2, 0) is 0 Å². The smallest absolute Gasteiger partial charge is 0.390 e. The second kappa shape index (κ2) is 8.65. The van der Waals surface area contributed by atoms with Gasteiger partial charge < -0.3 is 5.11 Å². The van der Waals surface area contributed by atoms with Gasteiger partial charge in [0.05, 0.1) is 22.4 Å². The fourth-order valence-electron chi connectivity index (χ4n) is 3.57. The van der Waals surface area contributed by atoms with E-state index >= 15 is 0 Å². The van der Waals surface area contributed by atoms with Crippen molar-refractivity contribution in [1.29, 1.82) is 0 Å². The van der Waals surface area contributed by atoms with Gasteiger partial charge in [0.15, 0.2) is 0 Å². The van der Waals surface area contributed by atoms with Crippen molar-refractivity contribution < 1.29 is 22.7 Å². The quantitative estimate of drug-likeness (QED) is 0.330. The van der Waals surface area contributed by atoms with Crippen molar-refractivity contribution in [1.82, 2.24) is 0 Å². The van der Waals surface area contributed by atoms with Crippen molar-refractivity contribution in [3.63, 3.8) is 0 Å². The Bertz CT molecular complexity index is 1090. The van der Waals surface area contributed by atoms with Gasteiger partial charge in [-0.3, -0.25) is 4.99 Å². The van der Waals surface area contributed by atoms with Crippen LogP contribution in [0.1, 0.15) is 23.6 Å². The van der Waals surface area contributed by atoms with E-state index in [-0.39, 0.29) is 33.7 Å². The molecule has 3 aromatic rings. The molecule has 0 radical (unpaired) electrons. The van der Waals surface area contributed by atoms with Crippen LogP contribution in [-0.4, -0.2) is 22.4 Å². The molecule has 4 rings (SSSR count). The summed E-state index contributed by atoms with van der Waals surface area (Å²) in [6, 6.07) is 17.2. The monoisotopic (exact) mass is 465 g/mol. The number of rotatable bonds is 4.